The van der Waals surface area contributed by atoms with Crippen molar-refractivity contribution in [3.8, 4) is 0 Å². The molecule has 0 bridgehead atoms. The van der Waals surface area contributed by atoms with Crippen molar-refractivity contribution in [2.24, 2.45) is 0 Å². The lowest BCUT2D eigenvalue weighted by molar-refractivity contribution is -0.131. The number of hydrogen-bond acceptors (Lipinski definition) is 4. The van der Waals surface area contributed by atoms with Gasteiger partial charge in [-0.1, -0.05) is 24.4 Å². The Labute approximate surface area is 131 Å². The number of thioether (sulfide) groups is 1. The van der Waals surface area contributed by atoms with Gasteiger partial charge >= 0.3 is 0 Å². The fraction of sp³-hybridized carbons (Fsp3) is 0.750. The first-order valence-electron chi connectivity index (χ1n) is 7.92. The van der Waals surface area contributed by atoms with Crippen molar-refractivity contribution < 1.29 is 9.32 Å². The molecular weight excluding hydrogens is 284 g/mol. The number of rotatable bonds is 6. The summed E-state index contributed by atoms with van der Waals surface area (Å²) in [5, 5.41) is 3.95. The number of carbonyl (C=O) groups excluding carboxylic acids is 1. The lowest BCUT2D eigenvalue weighted by atomic mass is 9.94. The van der Waals surface area contributed by atoms with Crippen molar-refractivity contribution in [3.63, 3.8) is 0 Å². The van der Waals surface area contributed by atoms with Crippen LogP contribution in [-0.2, 0) is 10.5 Å². The normalized spacial score (nSPS) is 16.1. The fourth-order valence-electron chi connectivity index (χ4n) is 3.06. The molecule has 2 rings (SSSR count). The second kappa shape index (κ2) is 7.87. The Kier molecular flexibility index (Phi) is 6.15. The highest BCUT2D eigenvalue weighted by atomic mass is 32.2. The van der Waals surface area contributed by atoms with Crippen molar-refractivity contribution in [2.45, 2.75) is 64.7 Å². The van der Waals surface area contributed by atoms with Crippen LogP contribution in [0.2, 0.25) is 0 Å². The molecule has 1 aromatic rings. The number of aromatic nitrogens is 1. The van der Waals surface area contributed by atoms with Crippen LogP contribution < -0.4 is 0 Å². The van der Waals surface area contributed by atoms with E-state index in [1.165, 1.54) is 32.1 Å². The van der Waals surface area contributed by atoms with E-state index >= 15 is 0 Å². The summed E-state index contributed by atoms with van der Waals surface area (Å²) in [6, 6.07) is 0.468. The van der Waals surface area contributed by atoms with Gasteiger partial charge < -0.3 is 9.42 Å². The van der Waals surface area contributed by atoms with E-state index in [0.29, 0.717) is 11.8 Å². The molecule has 0 atom stereocenters. The Hall–Kier alpha value is -0.970. The van der Waals surface area contributed by atoms with E-state index < -0.39 is 0 Å². The van der Waals surface area contributed by atoms with E-state index in [1.54, 1.807) is 11.8 Å². The minimum absolute atomic E-state index is 0.279. The first-order valence-corrected chi connectivity index (χ1v) is 9.08. The van der Waals surface area contributed by atoms with Gasteiger partial charge in [0.1, 0.15) is 5.76 Å². The highest BCUT2D eigenvalue weighted by molar-refractivity contribution is 7.99. The van der Waals surface area contributed by atoms with Gasteiger partial charge in [-0.15, -0.1) is 11.8 Å². The molecular formula is C16H26N2O2S. The van der Waals surface area contributed by atoms with Gasteiger partial charge in [-0.2, -0.15) is 0 Å². The molecule has 1 aliphatic rings. The monoisotopic (exact) mass is 310 g/mol. The zero-order valence-electron chi connectivity index (χ0n) is 13.4. The minimum Gasteiger partial charge on any atom is -0.361 e. The first kappa shape index (κ1) is 16.4. The van der Waals surface area contributed by atoms with Gasteiger partial charge in [0, 0.05) is 23.9 Å². The zero-order chi connectivity index (χ0) is 15.2. The molecule has 0 aromatic carbocycles. The van der Waals surface area contributed by atoms with E-state index in [0.717, 1.165) is 29.3 Å². The number of amides is 1. The second-order valence-electron chi connectivity index (χ2n) is 5.77. The molecule has 21 heavy (non-hydrogen) atoms. The fourth-order valence-corrected chi connectivity index (χ4v) is 4.12. The summed E-state index contributed by atoms with van der Waals surface area (Å²) in [5.74, 6) is 2.50. The third-order valence-corrected chi connectivity index (χ3v) is 5.27. The highest BCUT2D eigenvalue weighted by Crippen LogP contribution is 2.24. The first-order chi connectivity index (χ1) is 10.1. The summed E-state index contributed by atoms with van der Waals surface area (Å²) in [7, 11) is 0. The van der Waals surface area contributed by atoms with Crippen LogP contribution in [0.15, 0.2) is 4.52 Å². The van der Waals surface area contributed by atoms with Crippen LogP contribution in [0.5, 0.6) is 0 Å². The predicted molar refractivity (Wildman–Crippen MR) is 86.4 cm³/mol. The predicted octanol–water partition coefficient (Wildman–Crippen LogP) is 3.71. The molecule has 1 aliphatic carbocycles. The van der Waals surface area contributed by atoms with Gasteiger partial charge in [0.05, 0.1) is 11.4 Å². The van der Waals surface area contributed by atoms with E-state index in [2.05, 4.69) is 17.0 Å². The van der Waals surface area contributed by atoms with Crippen LogP contribution in [0, 0.1) is 13.8 Å². The quantitative estimate of drug-likeness (QED) is 0.803. The maximum atomic E-state index is 12.4. The lowest BCUT2D eigenvalue weighted by Gasteiger charge is -2.33. The zero-order valence-corrected chi connectivity index (χ0v) is 14.2. The Balaban J connectivity index is 1.82. The smallest absolute Gasteiger partial charge is 0.232 e. The van der Waals surface area contributed by atoms with E-state index in [1.807, 2.05) is 13.8 Å². The van der Waals surface area contributed by atoms with Crippen molar-refractivity contribution in [1.29, 1.82) is 0 Å². The third kappa shape index (κ3) is 4.25. The van der Waals surface area contributed by atoms with Crippen LogP contribution in [0.25, 0.3) is 0 Å². The molecule has 0 aliphatic heterocycles. The topological polar surface area (TPSA) is 46.3 Å². The van der Waals surface area contributed by atoms with Gasteiger partial charge in [-0.3, -0.25) is 4.79 Å². The maximum Gasteiger partial charge on any atom is 0.232 e. The largest absolute Gasteiger partial charge is 0.361 e. The van der Waals surface area contributed by atoms with Gasteiger partial charge in [0.15, 0.2) is 0 Å². The second-order valence-corrected chi connectivity index (χ2v) is 6.75. The summed E-state index contributed by atoms with van der Waals surface area (Å²) in [6.07, 6.45) is 6.20. The molecule has 0 unspecified atom stereocenters. The summed E-state index contributed by atoms with van der Waals surface area (Å²) in [5.41, 5.74) is 2.07. The maximum absolute atomic E-state index is 12.4. The molecule has 118 valence electrons. The molecule has 0 spiro atoms. The third-order valence-electron chi connectivity index (χ3n) is 4.33. The van der Waals surface area contributed by atoms with Crippen LogP contribution in [0.3, 0.4) is 0 Å². The van der Waals surface area contributed by atoms with Crippen LogP contribution >= 0.6 is 11.8 Å². The minimum atomic E-state index is 0.279. The van der Waals surface area contributed by atoms with Gasteiger partial charge in [-0.05, 0) is 33.6 Å². The Morgan fingerprint density at radius 2 is 2.05 bits per heavy atom. The average molecular weight is 310 g/mol. The average Bonchev–Trinajstić information content (AvgIpc) is 2.81. The molecule has 5 heteroatoms. The molecule has 1 saturated carbocycles. The Bertz CT molecular complexity index is 447. The molecule has 1 heterocycles. The molecule has 1 amide bonds. The molecule has 1 fully saturated rings. The summed E-state index contributed by atoms with van der Waals surface area (Å²) >= 11 is 1.66. The number of aryl methyl sites for hydroxylation is 2. The summed E-state index contributed by atoms with van der Waals surface area (Å²) < 4.78 is 5.16. The molecule has 0 radical (unpaired) electrons. The van der Waals surface area contributed by atoms with E-state index in [-0.39, 0.29) is 5.91 Å². The summed E-state index contributed by atoms with van der Waals surface area (Å²) in [4.78, 5) is 14.5. The summed E-state index contributed by atoms with van der Waals surface area (Å²) in [6.45, 7) is 6.80. The molecule has 0 N–H and O–H groups in total. The number of carbonyl (C=O) groups is 1. The van der Waals surface area contributed by atoms with Gasteiger partial charge in [0.2, 0.25) is 5.91 Å². The van der Waals surface area contributed by atoms with Gasteiger partial charge in [-0.25, -0.2) is 0 Å². The van der Waals surface area contributed by atoms with Crippen molar-refractivity contribution in [1.82, 2.24) is 10.1 Å². The molecule has 0 saturated heterocycles. The molecule has 1 aromatic heterocycles. The molecule has 4 nitrogen and oxygen atoms in total. The standard InChI is InChI=1S/C16H26N2O2S/c1-4-18(14-8-6-5-7-9-14)16(19)11-21-10-15-12(2)17-20-13(15)3/h14H,4-11H2,1-3H3. The van der Waals surface area contributed by atoms with Crippen LogP contribution in [-0.4, -0.2) is 34.3 Å². The van der Waals surface area contributed by atoms with E-state index in [9.17, 15) is 4.79 Å². The number of nitrogens with zero attached hydrogens (tertiary/aromatic N) is 2. The Morgan fingerprint density at radius 1 is 1.33 bits per heavy atom. The van der Waals surface area contributed by atoms with Gasteiger partial charge in [0.25, 0.3) is 0 Å². The Morgan fingerprint density at radius 3 is 2.62 bits per heavy atom. The number of hydrogen-bond donors (Lipinski definition) is 0. The van der Waals surface area contributed by atoms with Crippen molar-refractivity contribution >= 4 is 17.7 Å². The van der Waals surface area contributed by atoms with Crippen LogP contribution in [0.1, 0.15) is 56.0 Å². The van der Waals surface area contributed by atoms with E-state index in [4.69, 9.17) is 4.52 Å². The van der Waals surface area contributed by atoms with Crippen molar-refractivity contribution in [2.75, 3.05) is 12.3 Å². The van der Waals surface area contributed by atoms with Crippen LogP contribution in [0.4, 0.5) is 0 Å². The highest BCUT2D eigenvalue weighted by Gasteiger charge is 2.23. The lowest BCUT2D eigenvalue weighted by Crippen LogP contribution is -2.42. The SMILES string of the molecule is CCN(C(=O)CSCc1c(C)noc1C)C1CCCCC1. The van der Waals surface area contributed by atoms with Crippen molar-refractivity contribution in [3.05, 3.63) is 17.0 Å².